The first-order chi connectivity index (χ1) is 10.8. The molecule has 120 valence electrons. The fourth-order valence-corrected chi connectivity index (χ4v) is 3.11. The first-order valence-corrected chi connectivity index (χ1v) is 8.06. The number of hydrogen-bond acceptors (Lipinski definition) is 4. The average Bonchev–Trinajstić information content (AvgIpc) is 3.38. The van der Waals surface area contributed by atoms with Crippen LogP contribution in [0.5, 0.6) is 5.75 Å². The molecule has 1 aromatic rings. The van der Waals surface area contributed by atoms with Crippen molar-refractivity contribution in [2.24, 2.45) is 0 Å². The van der Waals surface area contributed by atoms with E-state index in [0.717, 1.165) is 6.04 Å². The number of piperidine rings is 1. The first-order valence-electron chi connectivity index (χ1n) is 8.06. The fraction of sp³-hybridized carbons (Fsp3) is 0.625. The lowest BCUT2D eigenvalue weighted by atomic mass is 10.0. The minimum Gasteiger partial charge on any atom is -0.495 e. The van der Waals surface area contributed by atoms with Crippen molar-refractivity contribution < 1.29 is 9.53 Å². The van der Waals surface area contributed by atoms with Gasteiger partial charge in [0.2, 0.25) is 0 Å². The number of anilines is 1. The van der Waals surface area contributed by atoms with Gasteiger partial charge in [-0.2, -0.15) is 0 Å². The third-order valence-electron chi connectivity index (χ3n) is 4.39. The minimum atomic E-state index is -0.184. The van der Waals surface area contributed by atoms with Crippen LogP contribution in [0.25, 0.3) is 0 Å². The zero-order valence-electron chi connectivity index (χ0n) is 13.0. The third-order valence-corrected chi connectivity index (χ3v) is 4.39. The molecule has 2 N–H and O–H groups in total. The van der Waals surface area contributed by atoms with Crippen molar-refractivity contribution in [3.05, 3.63) is 18.5 Å². The molecule has 3 rings (SSSR count). The number of methoxy groups -OCH3 is 1. The number of aromatic nitrogens is 1. The second-order valence-electron chi connectivity index (χ2n) is 6.07. The molecule has 2 aliphatic rings. The van der Waals surface area contributed by atoms with Gasteiger partial charge in [0.1, 0.15) is 5.75 Å². The Hall–Kier alpha value is -1.82. The molecular weight excluding hydrogens is 280 g/mol. The lowest BCUT2D eigenvalue weighted by molar-refractivity contribution is 0.138. The standard InChI is InChI=1S/C16H24N4O2/c1-22-15-8-12(9-17-11-15)19-16(21)18-10-14-4-2-3-7-20(14)13-5-6-13/h8-9,11,13-14H,2-7,10H2,1H3,(H2,18,19,21). The highest BCUT2D eigenvalue weighted by Gasteiger charge is 2.35. The van der Waals surface area contributed by atoms with Crippen LogP contribution in [0, 0.1) is 0 Å². The lowest BCUT2D eigenvalue weighted by Crippen LogP contribution is -2.48. The lowest BCUT2D eigenvalue weighted by Gasteiger charge is -2.36. The summed E-state index contributed by atoms with van der Waals surface area (Å²) < 4.78 is 5.10. The highest BCUT2D eigenvalue weighted by atomic mass is 16.5. The predicted molar refractivity (Wildman–Crippen MR) is 85.2 cm³/mol. The summed E-state index contributed by atoms with van der Waals surface area (Å²) in [6.45, 7) is 1.89. The Labute approximate surface area is 131 Å². The van der Waals surface area contributed by atoms with E-state index in [4.69, 9.17) is 4.74 Å². The van der Waals surface area contributed by atoms with E-state index in [2.05, 4.69) is 20.5 Å². The van der Waals surface area contributed by atoms with E-state index in [1.165, 1.54) is 38.6 Å². The Balaban J connectivity index is 1.48. The molecule has 1 aliphatic heterocycles. The van der Waals surface area contributed by atoms with E-state index >= 15 is 0 Å². The van der Waals surface area contributed by atoms with Crippen LogP contribution in [0.3, 0.4) is 0 Å². The SMILES string of the molecule is COc1cncc(NC(=O)NCC2CCCCN2C2CC2)c1. The number of rotatable bonds is 5. The van der Waals surface area contributed by atoms with E-state index < -0.39 is 0 Å². The fourth-order valence-electron chi connectivity index (χ4n) is 3.11. The molecule has 2 fully saturated rings. The molecule has 0 bridgehead atoms. The summed E-state index contributed by atoms with van der Waals surface area (Å²) in [6.07, 6.45) is 9.58. The second kappa shape index (κ2) is 6.96. The maximum atomic E-state index is 12.0. The molecular formula is C16H24N4O2. The first kappa shape index (κ1) is 15.1. The van der Waals surface area contributed by atoms with Crippen molar-refractivity contribution in [3.8, 4) is 5.75 Å². The molecule has 2 amide bonds. The summed E-state index contributed by atoms with van der Waals surface area (Å²) >= 11 is 0. The van der Waals surface area contributed by atoms with Crippen LogP contribution < -0.4 is 15.4 Å². The van der Waals surface area contributed by atoms with Gasteiger partial charge in [-0.3, -0.25) is 9.88 Å². The highest BCUT2D eigenvalue weighted by Crippen LogP contribution is 2.32. The van der Waals surface area contributed by atoms with E-state index in [-0.39, 0.29) is 6.03 Å². The Morgan fingerprint density at radius 2 is 2.23 bits per heavy atom. The van der Waals surface area contributed by atoms with Crippen molar-refractivity contribution in [3.63, 3.8) is 0 Å². The van der Waals surface area contributed by atoms with Crippen LogP contribution in [0.1, 0.15) is 32.1 Å². The van der Waals surface area contributed by atoms with E-state index in [0.29, 0.717) is 24.0 Å². The number of nitrogens with zero attached hydrogens (tertiary/aromatic N) is 2. The zero-order chi connectivity index (χ0) is 15.4. The largest absolute Gasteiger partial charge is 0.495 e. The van der Waals surface area contributed by atoms with Crippen LogP contribution in [0.15, 0.2) is 18.5 Å². The third kappa shape index (κ3) is 3.88. The number of pyridine rings is 1. The van der Waals surface area contributed by atoms with Crippen molar-refractivity contribution in [2.45, 2.75) is 44.2 Å². The summed E-state index contributed by atoms with van der Waals surface area (Å²) in [6, 6.07) is 2.81. The van der Waals surface area contributed by atoms with Gasteiger partial charge in [-0.1, -0.05) is 6.42 Å². The quantitative estimate of drug-likeness (QED) is 0.875. The molecule has 1 unspecified atom stereocenters. The summed E-state index contributed by atoms with van der Waals surface area (Å²) in [5.74, 6) is 0.630. The Kier molecular flexibility index (Phi) is 4.77. The van der Waals surface area contributed by atoms with Crippen LogP contribution in [-0.4, -0.2) is 48.2 Å². The molecule has 6 heteroatoms. The molecule has 1 saturated carbocycles. The Morgan fingerprint density at radius 1 is 1.36 bits per heavy atom. The van der Waals surface area contributed by atoms with Gasteiger partial charge in [0.25, 0.3) is 0 Å². The van der Waals surface area contributed by atoms with Crippen LogP contribution in [0.4, 0.5) is 10.5 Å². The molecule has 1 aliphatic carbocycles. The molecule has 1 aromatic heterocycles. The van der Waals surface area contributed by atoms with Crippen molar-refractivity contribution in [1.82, 2.24) is 15.2 Å². The van der Waals surface area contributed by atoms with E-state index in [1.54, 1.807) is 25.6 Å². The van der Waals surface area contributed by atoms with Gasteiger partial charge in [-0.15, -0.1) is 0 Å². The van der Waals surface area contributed by atoms with Gasteiger partial charge in [0.15, 0.2) is 0 Å². The number of carbonyl (C=O) groups excluding carboxylic acids is 1. The molecule has 6 nitrogen and oxygen atoms in total. The van der Waals surface area contributed by atoms with Crippen LogP contribution >= 0.6 is 0 Å². The Bertz CT molecular complexity index is 519. The van der Waals surface area contributed by atoms with Crippen molar-refractivity contribution in [1.29, 1.82) is 0 Å². The number of likely N-dealkylation sites (tertiary alicyclic amines) is 1. The molecule has 1 saturated heterocycles. The van der Waals surface area contributed by atoms with Crippen molar-refractivity contribution >= 4 is 11.7 Å². The van der Waals surface area contributed by atoms with Crippen LogP contribution in [-0.2, 0) is 0 Å². The van der Waals surface area contributed by atoms with Gasteiger partial charge in [0.05, 0.1) is 25.2 Å². The van der Waals surface area contributed by atoms with E-state index in [1.807, 2.05) is 0 Å². The Morgan fingerprint density at radius 3 is 3.00 bits per heavy atom. The number of nitrogens with one attached hydrogen (secondary N) is 2. The number of urea groups is 1. The number of carbonyl (C=O) groups is 1. The molecule has 0 spiro atoms. The summed E-state index contributed by atoms with van der Waals surface area (Å²) in [5, 5.41) is 5.80. The van der Waals surface area contributed by atoms with Gasteiger partial charge in [0, 0.05) is 24.7 Å². The van der Waals surface area contributed by atoms with Gasteiger partial charge in [-0.05, 0) is 32.2 Å². The highest BCUT2D eigenvalue weighted by molar-refractivity contribution is 5.89. The number of ether oxygens (including phenoxy) is 1. The maximum absolute atomic E-state index is 12.0. The summed E-state index contributed by atoms with van der Waals surface area (Å²) in [5.41, 5.74) is 0.638. The molecule has 2 heterocycles. The second-order valence-corrected chi connectivity index (χ2v) is 6.07. The number of hydrogen-bond donors (Lipinski definition) is 2. The topological polar surface area (TPSA) is 66.5 Å². The predicted octanol–water partition coefficient (Wildman–Crippen LogP) is 2.23. The van der Waals surface area contributed by atoms with Gasteiger partial charge in [-0.25, -0.2) is 4.79 Å². The normalized spacial score (nSPS) is 22.1. The molecule has 0 radical (unpaired) electrons. The minimum absolute atomic E-state index is 0.184. The molecule has 1 atom stereocenters. The smallest absolute Gasteiger partial charge is 0.319 e. The maximum Gasteiger partial charge on any atom is 0.319 e. The molecule has 22 heavy (non-hydrogen) atoms. The van der Waals surface area contributed by atoms with E-state index in [9.17, 15) is 4.79 Å². The summed E-state index contributed by atoms with van der Waals surface area (Å²) in [4.78, 5) is 18.6. The van der Waals surface area contributed by atoms with Gasteiger partial charge < -0.3 is 15.4 Å². The number of amides is 2. The average molecular weight is 304 g/mol. The summed E-state index contributed by atoms with van der Waals surface area (Å²) in [7, 11) is 1.58. The monoisotopic (exact) mass is 304 g/mol. The molecule has 0 aromatic carbocycles. The van der Waals surface area contributed by atoms with Gasteiger partial charge >= 0.3 is 6.03 Å². The van der Waals surface area contributed by atoms with Crippen molar-refractivity contribution in [2.75, 3.05) is 25.5 Å². The van der Waals surface area contributed by atoms with Crippen LogP contribution in [0.2, 0.25) is 0 Å². The zero-order valence-corrected chi connectivity index (χ0v) is 13.0.